The van der Waals surface area contributed by atoms with Crippen LogP contribution < -0.4 is 5.32 Å². The molecule has 2 saturated heterocycles. The van der Waals surface area contributed by atoms with E-state index < -0.39 is 4.92 Å². The predicted molar refractivity (Wildman–Crippen MR) is 111 cm³/mol. The summed E-state index contributed by atoms with van der Waals surface area (Å²) in [6.07, 6.45) is 2.72. The number of halogens is 1. The minimum absolute atomic E-state index is 0. The van der Waals surface area contributed by atoms with Crippen molar-refractivity contribution in [3.05, 3.63) is 46.1 Å². The number of nitro benzene ring substituents is 1. The number of hydrogen-bond acceptors (Lipinski definition) is 6. The van der Waals surface area contributed by atoms with Crippen molar-refractivity contribution in [1.29, 1.82) is 0 Å². The summed E-state index contributed by atoms with van der Waals surface area (Å²) in [5.41, 5.74) is 1.82. The molecule has 9 nitrogen and oxygen atoms in total. The average molecular weight is 421 g/mol. The van der Waals surface area contributed by atoms with Crippen molar-refractivity contribution in [2.45, 2.75) is 12.5 Å². The average Bonchev–Trinajstić information content (AvgIpc) is 3.35. The van der Waals surface area contributed by atoms with Crippen molar-refractivity contribution >= 4 is 24.0 Å². The molecule has 3 heterocycles. The highest BCUT2D eigenvalue weighted by Crippen LogP contribution is 2.27. The molecule has 2 fully saturated rings. The zero-order valence-corrected chi connectivity index (χ0v) is 17.1. The van der Waals surface area contributed by atoms with Crippen LogP contribution in [0.5, 0.6) is 0 Å². The van der Waals surface area contributed by atoms with Gasteiger partial charge in [0.05, 0.1) is 10.5 Å². The Morgan fingerprint density at radius 1 is 1.21 bits per heavy atom. The molecule has 10 heteroatoms. The zero-order valence-electron chi connectivity index (χ0n) is 16.3. The van der Waals surface area contributed by atoms with Crippen molar-refractivity contribution in [2.24, 2.45) is 7.05 Å². The van der Waals surface area contributed by atoms with E-state index in [0.717, 1.165) is 45.7 Å². The highest BCUT2D eigenvalue weighted by molar-refractivity contribution is 6.00. The number of aromatic nitrogens is 2. The van der Waals surface area contributed by atoms with Gasteiger partial charge in [-0.05, 0) is 18.6 Å². The van der Waals surface area contributed by atoms with Crippen molar-refractivity contribution in [3.63, 3.8) is 0 Å². The van der Waals surface area contributed by atoms with Gasteiger partial charge in [-0.1, -0.05) is 0 Å². The zero-order chi connectivity index (χ0) is 19.7. The van der Waals surface area contributed by atoms with Crippen LogP contribution >= 0.6 is 12.4 Å². The van der Waals surface area contributed by atoms with Crippen LogP contribution in [0.4, 0.5) is 5.69 Å². The summed E-state index contributed by atoms with van der Waals surface area (Å²) in [7, 11) is 1.78. The van der Waals surface area contributed by atoms with Gasteiger partial charge in [-0.15, -0.1) is 12.4 Å². The van der Waals surface area contributed by atoms with Crippen LogP contribution in [-0.4, -0.2) is 75.7 Å². The van der Waals surface area contributed by atoms with E-state index >= 15 is 0 Å². The second-order valence-corrected chi connectivity index (χ2v) is 7.35. The summed E-state index contributed by atoms with van der Waals surface area (Å²) in [6.45, 7) is 5.51. The fraction of sp³-hybridized carbons (Fsp3) is 0.474. The number of hydrogen-bond donors (Lipinski definition) is 1. The van der Waals surface area contributed by atoms with Gasteiger partial charge in [0, 0.05) is 76.3 Å². The number of piperazine rings is 1. The molecule has 2 aliphatic heterocycles. The predicted octanol–water partition coefficient (Wildman–Crippen LogP) is 1.54. The van der Waals surface area contributed by atoms with Crippen molar-refractivity contribution in [1.82, 2.24) is 24.9 Å². The fourth-order valence-corrected chi connectivity index (χ4v) is 4.04. The van der Waals surface area contributed by atoms with E-state index in [1.165, 1.54) is 12.1 Å². The molecule has 29 heavy (non-hydrogen) atoms. The SMILES string of the molecule is Cl.Cn1cc(C(=O)N2CCC(N3CCNCC3)C2)c(-c2ccc([N+](=O)[O-])cc2)n1. The second kappa shape index (κ2) is 8.89. The van der Waals surface area contributed by atoms with Crippen molar-refractivity contribution in [2.75, 3.05) is 39.3 Å². The monoisotopic (exact) mass is 420 g/mol. The van der Waals surface area contributed by atoms with E-state index in [0.29, 0.717) is 22.9 Å². The summed E-state index contributed by atoms with van der Waals surface area (Å²) in [5, 5.41) is 18.7. The van der Waals surface area contributed by atoms with Crippen LogP contribution in [0, 0.1) is 10.1 Å². The van der Waals surface area contributed by atoms with E-state index in [-0.39, 0.29) is 24.0 Å². The van der Waals surface area contributed by atoms with Crippen LogP contribution in [0.3, 0.4) is 0 Å². The van der Waals surface area contributed by atoms with E-state index in [2.05, 4.69) is 15.3 Å². The molecule has 4 rings (SSSR count). The lowest BCUT2D eigenvalue weighted by Gasteiger charge is -2.32. The molecule has 1 amide bonds. The molecule has 2 aromatic rings. The molecule has 0 radical (unpaired) electrons. The topological polar surface area (TPSA) is 96.5 Å². The molecule has 2 aliphatic rings. The summed E-state index contributed by atoms with van der Waals surface area (Å²) in [5.74, 6) is -0.0286. The Morgan fingerprint density at radius 3 is 2.55 bits per heavy atom. The number of non-ortho nitro benzene ring substituents is 1. The Hall–Kier alpha value is -2.49. The maximum absolute atomic E-state index is 13.2. The van der Waals surface area contributed by atoms with Crippen LogP contribution in [0.25, 0.3) is 11.3 Å². The highest BCUT2D eigenvalue weighted by atomic mass is 35.5. The first-order valence-corrected chi connectivity index (χ1v) is 9.55. The standard InChI is InChI=1S/C19H24N6O3.ClH/c1-22-13-17(18(21-22)14-2-4-15(5-3-14)25(27)28)19(26)24-9-6-16(12-24)23-10-7-20-8-11-23;/h2-5,13,16,20H,6-12H2,1H3;1H. The van der Waals surface area contributed by atoms with E-state index in [9.17, 15) is 14.9 Å². The molecule has 1 unspecified atom stereocenters. The fourth-order valence-electron chi connectivity index (χ4n) is 4.04. The molecule has 1 N–H and O–H groups in total. The first-order chi connectivity index (χ1) is 13.5. The molecule has 1 aromatic carbocycles. The minimum Gasteiger partial charge on any atom is -0.337 e. The Morgan fingerprint density at radius 2 is 1.90 bits per heavy atom. The van der Waals surface area contributed by atoms with Gasteiger partial charge in [-0.3, -0.25) is 24.5 Å². The van der Waals surface area contributed by atoms with Gasteiger partial charge in [-0.25, -0.2) is 0 Å². The minimum atomic E-state index is -0.436. The molecule has 1 atom stereocenters. The lowest BCUT2D eigenvalue weighted by molar-refractivity contribution is -0.384. The number of nitrogens with one attached hydrogen (secondary N) is 1. The summed E-state index contributed by atoms with van der Waals surface area (Å²) in [4.78, 5) is 28.0. The molecular weight excluding hydrogens is 396 g/mol. The third-order valence-electron chi connectivity index (χ3n) is 5.53. The van der Waals surface area contributed by atoms with Gasteiger partial charge >= 0.3 is 0 Å². The van der Waals surface area contributed by atoms with Crippen LogP contribution in [0.2, 0.25) is 0 Å². The van der Waals surface area contributed by atoms with E-state index in [1.54, 1.807) is 30.1 Å². The quantitative estimate of drug-likeness (QED) is 0.595. The van der Waals surface area contributed by atoms with E-state index in [1.807, 2.05) is 4.90 Å². The van der Waals surface area contributed by atoms with Gasteiger partial charge in [0.15, 0.2) is 0 Å². The number of nitrogens with zero attached hydrogens (tertiary/aromatic N) is 5. The Bertz CT molecular complexity index is 879. The molecule has 1 aromatic heterocycles. The van der Waals surface area contributed by atoms with Crippen LogP contribution in [-0.2, 0) is 7.05 Å². The Labute approximate surface area is 175 Å². The number of carbonyl (C=O) groups is 1. The maximum atomic E-state index is 13.2. The smallest absolute Gasteiger partial charge is 0.269 e. The second-order valence-electron chi connectivity index (χ2n) is 7.35. The van der Waals surface area contributed by atoms with Gasteiger partial charge in [0.25, 0.3) is 11.6 Å². The van der Waals surface area contributed by atoms with Crippen LogP contribution in [0.1, 0.15) is 16.8 Å². The summed E-state index contributed by atoms with van der Waals surface area (Å²) < 4.78 is 1.62. The normalized spacial score (nSPS) is 19.8. The van der Waals surface area contributed by atoms with E-state index in [4.69, 9.17) is 0 Å². The summed E-state index contributed by atoms with van der Waals surface area (Å²) in [6, 6.07) is 6.57. The van der Waals surface area contributed by atoms with Gasteiger partial charge in [0.1, 0.15) is 5.69 Å². The number of likely N-dealkylation sites (tertiary alicyclic amines) is 1. The molecule has 0 spiro atoms. The number of carbonyl (C=O) groups excluding carboxylic acids is 1. The number of nitro groups is 1. The van der Waals surface area contributed by atoms with Gasteiger partial charge in [0.2, 0.25) is 0 Å². The molecule has 0 bridgehead atoms. The summed E-state index contributed by atoms with van der Waals surface area (Å²) >= 11 is 0. The largest absolute Gasteiger partial charge is 0.337 e. The third-order valence-corrected chi connectivity index (χ3v) is 5.53. The lowest BCUT2D eigenvalue weighted by atomic mass is 10.1. The number of rotatable bonds is 4. The molecular formula is C19H25ClN6O3. The Balaban J connectivity index is 0.00000240. The first kappa shape index (κ1) is 21.2. The third kappa shape index (κ3) is 4.42. The molecule has 156 valence electrons. The first-order valence-electron chi connectivity index (χ1n) is 9.55. The van der Waals surface area contributed by atoms with Crippen LogP contribution in [0.15, 0.2) is 30.5 Å². The van der Waals surface area contributed by atoms with Gasteiger partial charge in [-0.2, -0.15) is 5.10 Å². The van der Waals surface area contributed by atoms with Crippen molar-refractivity contribution < 1.29 is 9.72 Å². The molecule has 0 aliphatic carbocycles. The maximum Gasteiger partial charge on any atom is 0.269 e. The highest BCUT2D eigenvalue weighted by Gasteiger charge is 2.33. The number of amides is 1. The Kier molecular flexibility index (Phi) is 6.51. The lowest BCUT2D eigenvalue weighted by Crippen LogP contribution is -2.49. The molecule has 0 saturated carbocycles. The number of aryl methyl sites for hydroxylation is 1. The van der Waals surface area contributed by atoms with Crippen molar-refractivity contribution in [3.8, 4) is 11.3 Å². The van der Waals surface area contributed by atoms with Gasteiger partial charge < -0.3 is 10.2 Å². The number of benzene rings is 1.